The normalized spacial score (nSPS) is 12.0. The summed E-state index contributed by atoms with van der Waals surface area (Å²) in [5.41, 5.74) is 8.05. The maximum absolute atomic E-state index is 12.2. The summed E-state index contributed by atoms with van der Waals surface area (Å²) < 4.78 is 30.3. The SMILES string of the molecule is Cc1nn(C)c(C)c1CNS(=O)(=O)c1cnn(CCN)c1. The molecule has 0 saturated carbocycles. The molecule has 116 valence electrons. The van der Waals surface area contributed by atoms with Crippen LogP contribution in [0.5, 0.6) is 0 Å². The van der Waals surface area contributed by atoms with Gasteiger partial charge in [0.1, 0.15) is 4.90 Å². The summed E-state index contributed by atoms with van der Waals surface area (Å²) in [6.07, 6.45) is 2.79. The van der Waals surface area contributed by atoms with Crippen molar-refractivity contribution in [3.8, 4) is 0 Å². The molecule has 0 aliphatic rings. The molecule has 2 aromatic rings. The Morgan fingerprint density at radius 2 is 2.10 bits per heavy atom. The van der Waals surface area contributed by atoms with E-state index in [1.54, 1.807) is 4.68 Å². The minimum atomic E-state index is -3.59. The van der Waals surface area contributed by atoms with Crippen LogP contribution in [-0.2, 0) is 30.2 Å². The highest BCUT2D eigenvalue weighted by atomic mass is 32.2. The van der Waals surface area contributed by atoms with Gasteiger partial charge in [-0.2, -0.15) is 10.2 Å². The summed E-state index contributed by atoms with van der Waals surface area (Å²) in [5, 5.41) is 8.23. The minimum Gasteiger partial charge on any atom is -0.329 e. The lowest BCUT2D eigenvalue weighted by atomic mass is 10.2. The molecule has 0 saturated heterocycles. The second-order valence-corrected chi connectivity index (χ2v) is 6.59. The standard InChI is InChI=1S/C12H20N6O2S/c1-9-12(10(2)17(3)16-9)7-15-21(19,20)11-6-14-18(8-11)5-4-13/h6,8,15H,4-5,7,13H2,1-3H3. The lowest BCUT2D eigenvalue weighted by Crippen LogP contribution is -2.23. The molecule has 2 aromatic heterocycles. The highest BCUT2D eigenvalue weighted by Crippen LogP contribution is 2.13. The molecule has 21 heavy (non-hydrogen) atoms. The van der Waals surface area contributed by atoms with E-state index in [1.807, 2.05) is 20.9 Å². The first kappa shape index (κ1) is 15.7. The highest BCUT2D eigenvalue weighted by Gasteiger charge is 2.18. The van der Waals surface area contributed by atoms with Gasteiger partial charge < -0.3 is 5.73 Å². The monoisotopic (exact) mass is 312 g/mol. The molecule has 0 bridgehead atoms. The molecule has 0 aliphatic carbocycles. The summed E-state index contributed by atoms with van der Waals surface area (Å²) in [4.78, 5) is 0.134. The maximum Gasteiger partial charge on any atom is 0.243 e. The maximum atomic E-state index is 12.2. The van der Waals surface area contributed by atoms with Crippen LogP contribution < -0.4 is 10.5 Å². The number of nitrogens with zero attached hydrogens (tertiary/aromatic N) is 4. The summed E-state index contributed by atoms with van der Waals surface area (Å²) >= 11 is 0. The fourth-order valence-electron chi connectivity index (χ4n) is 2.06. The van der Waals surface area contributed by atoms with E-state index in [0.717, 1.165) is 17.0 Å². The fourth-order valence-corrected chi connectivity index (χ4v) is 3.01. The molecule has 8 nitrogen and oxygen atoms in total. The summed E-state index contributed by atoms with van der Waals surface area (Å²) in [5.74, 6) is 0. The van der Waals surface area contributed by atoms with Crippen molar-refractivity contribution >= 4 is 10.0 Å². The van der Waals surface area contributed by atoms with Gasteiger partial charge in [-0.15, -0.1) is 0 Å². The van der Waals surface area contributed by atoms with E-state index in [1.165, 1.54) is 17.1 Å². The van der Waals surface area contributed by atoms with Crippen molar-refractivity contribution in [1.29, 1.82) is 0 Å². The Hall–Kier alpha value is -1.71. The Labute approximate surface area is 124 Å². The van der Waals surface area contributed by atoms with E-state index in [2.05, 4.69) is 14.9 Å². The second-order valence-electron chi connectivity index (χ2n) is 4.83. The van der Waals surface area contributed by atoms with Crippen molar-refractivity contribution < 1.29 is 8.42 Å². The van der Waals surface area contributed by atoms with Gasteiger partial charge in [0.25, 0.3) is 0 Å². The van der Waals surface area contributed by atoms with Crippen LogP contribution in [0.4, 0.5) is 0 Å². The number of nitrogens with one attached hydrogen (secondary N) is 1. The average Bonchev–Trinajstić information content (AvgIpc) is 2.96. The van der Waals surface area contributed by atoms with E-state index >= 15 is 0 Å². The zero-order valence-corrected chi connectivity index (χ0v) is 13.2. The van der Waals surface area contributed by atoms with Gasteiger partial charge in [0.2, 0.25) is 10.0 Å². The van der Waals surface area contributed by atoms with Crippen LogP contribution in [-0.4, -0.2) is 34.5 Å². The van der Waals surface area contributed by atoms with Gasteiger partial charge in [0, 0.05) is 37.6 Å². The number of hydrogen-bond acceptors (Lipinski definition) is 5. The minimum absolute atomic E-state index is 0.134. The zero-order chi connectivity index (χ0) is 15.6. The summed E-state index contributed by atoms with van der Waals surface area (Å²) in [6, 6.07) is 0. The van der Waals surface area contributed by atoms with Crippen LogP contribution in [0.2, 0.25) is 0 Å². The number of hydrogen-bond donors (Lipinski definition) is 2. The number of aromatic nitrogens is 4. The fraction of sp³-hybridized carbons (Fsp3) is 0.500. The summed E-state index contributed by atoms with van der Waals surface area (Å²) in [7, 11) is -1.76. The molecular weight excluding hydrogens is 292 g/mol. The van der Waals surface area contributed by atoms with Gasteiger partial charge in [0.05, 0.1) is 18.4 Å². The van der Waals surface area contributed by atoms with E-state index in [-0.39, 0.29) is 11.4 Å². The molecule has 0 unspecified atom stereocenters. The number of aryl methyl sites for hydroxylation is 2. The van der Waals surface area contributed by atoms with E-state index in [9.17, 15) is 8.42 Å². The number of nitrogens with two attached hydrogens (primary N) is 1. The molecule has 2 heterocycles. The molecule has 9 heteroatoms. The predicted molar refractivity (Wildman–Crippen MR) is 78.0 cm³/mol. The third-order valence-electron chi connectivity index (χ3n) is 3.38. The molecule has 0 fully saturated rings. The van der Waals surface area contributed by atoms with Gasteiger partial charge in [-0.25, -0.2) is 13.1 Å². The van der Waals surface area contributed by atoms with Crippen LogP contribution in [0.3, 0.4) is 0 Å². The first-order valence-corrected chi connectivity index (χ1v) is 8.04. The van der Waals surface area contributed by atoms with Gasteiger partial charge in [-0.3, -0.25) is 9.36 Å². The lowest BCUT2D eigenvalue weighted by Gasteiger charge is -2.05. The first-order chi connectivity index (χ1) is 9.85. The van der Waals surface area contributed by atoms with Gasteiger partial charge in [-0.1, -0.05) is 0 Å². The molecule has 2 rings (SSSR count). The third kappa shape index (κ3) is 3.31. The quantitative estimate of drug-likeness (QED) is 0.759. The molecule has 0 radical (unpaired) electrons. The van der Waals surface area contributed by atoms with Crippen molar-refractivity contribution in [3.63, 3.8) is 0 Å². The van der Waals surface area contributed by atoms with Crippen LogP contribution in [0.1, 0.15) is 17.0 Å². The van der Waals surface area contributed by atoms with Gasteiger partial charge in [-0.05, 0) is 13.8 Å². The van der Waals surface area contributed by atoms with Crippen molar-refractivity contribution in [3.05, 3.63) is 29.3 Å². The van der Waals surface area contributed by atoms with E-state index in [0.29, 0.717) is 13.1 Å². The molecule has 3 N–H and O–H groups in total. The first-order valence-electron chi connectivity index (χ1n) is 6.56. The average molecular weight is 312 g/mol. The van der Waals surface area contributed by atoms with Gasteiger partial charge in [0.15, 0.2) is 0 Å². The smallest absolute Gasteiger partial charge is 0.243 e. The van der Waals surface area contributed by atoms with Crippen LogP contribution >= 0.6 is 0 Å². The third-order valence-corrected chi connectivity index (χ3v) is 4.73. The van der Waals surface area contributed by atoms with Crippen LogP contribution in [0.15, 0.2) is 17.3 Å². The summed E-state index contributed by atoms with van der Waals surface area (Å²) in [6.45, 7) is 4.85. The number of sulfonamides is 1. The van der Waals surface area contributed by atoms with Crippen molar-refractivity contribution in [2.75, 3.05) is 6.54 Å². The largest absolute Gasteiger partial charge is 0.329 e. The van der Waals surface area contributed by atoms with Crippen molar-refractivity contribution in [2.24, 2.45) is 12.8 Å². The molecule has 0 amide bonds. The zero-order valence-electron chi connectivity index (χ0n) is 12.4. The van der Waals surface area contributed by atoms with Gasteiger partial charge >= 0.3 is 0 Å². The topological polar surface area (TPSA) is 108 Å². The second kappa shape index (κ2) is 5.96. The van der Waals surface area contributed by atoms with Crippen molar-refractivity contribution in [1.82, 2.24) is 24.3 Å². The van der Waals surface area contributed by atoms with Crippen LogP contribution in [0.25, 0.3) is 0 Å². The Kier molecular flexibility index (Phi) is 4.45. The Morgan fingerprint density at radius 1 is 1.38 bits per heavy atom. The highest BCUT2D eigenvalue weighted by molar-refractivity contribution is 7.89. The lowest BCUT2D eigenvalue weighted by molar-refractivity contribution is 0.580. The Bertz CT molecular complexity index is 731. The molecule has 0 spiro atoms. The molecule has 0 aromatic carbocycles. The van der Waals surface area contributed by atoms with Crippen LogP contribution in [0, 0.1) is 13.8 Å². The molecule has 0 atom stereocenters. The van der Waals surface area contributed by atoms with E-state index in [4.69, 9.17) is 5.73 Å². The van der Waals surface area contributed by atoms with Crippen molar-refractivity contribution in [2.45, 2.75) is 31.8 Å². The molecular formula is C12H20N6O2S. The van der Waals surface area contributed by atoms with E-state index < -0.39 is 10.0 Å². The molecule has 0 aliphatic heterocycles. The number of rotatable bonds is 6. The Morgan fingerprint density at radius 3 is 2.67 bits per heavy atom. The Balaban J connectivity index is 2.13. The predicted octanol–water partition coefficient (Wildman–Crippen LogP) is -0.329.